The van der Waals surface area contributed by atoms with Gasteiger partial charge in [-0.2, -0.15) is 9.97 Å². The molecule has 0 unspecified atom stereocenters. The number of carbonyl (C=O) groups excluding carboxylic acids is 2. The normalized spacial score (nSPS) is 25.4. The molecule has 2 N–H and O–H groups in total. The lowest BCUT2D eigenvalue weighted by Gasteiger charge is -2.17. The summed E-state index contributed by atoms with van der Waals surface area (Å²) in [7, 11) is 0. The maximum Gasteiger partial charge on any atom is 0.302 e. The number of fused-ring (bicyclic) bond motifs is 1. The zero-order valence-corrected chi connectivity index (χ0v) is 16.1. The molecule has 1 aliphatic rings. The van der Waals surface area contributed by atoms with E-state index in [1.807, 2.05) is 0 Å². The highest BCUT2D eigenvalue weighted by Gasteiger charge is 2.44. The van der Waals surface area contributed by atoms with E-state index >= 15 is 0 Å². The van der Waals surface area contributed by atoms with Crippen LogP contribution in [0.2, 0.25) is 5.15 Å². The van der Waals surface area contributed by atoms with Gasteiger partial charge in [0.25, 0.3) is 0 Å². The first-order chi connectivity index (χ1) is 12.3. The van der Waals surface area contributed by atoms with E-state index in [-0.39, 0.29) is 29.3 Å². The monoisotopic (exact) mass is 447 g/mol. The molecule has 4 atom stereocenters. The van der Waals surface area contributed by atoms with E-state index in [4.69, 9.17) is 21.1 Å². The third kappa shape index (κ3) is 3.65. The molecule has 2 aromatic heterocycles. The maximum atomic E-state index is 11.2. The Morgan fingerprint density at radius 3 is 2.85 bits per heavy atom. The van der Waals surface area contributed by atoms with Crippen molar-refractivity contribution in [2.45, 2.75) is 37.1 Å². The Bertz CT molecular complexity index is 862. The molecule has 1 aliphatic heterocycles. The molecule has 3 heterocycles. The van der Waals surface area contributed by atoms with Gasteiger partial charge in [0.2, 0.25) is 11.9 Å². The number of amides is 1. The molecule has 0 bridgehead atoms. The number of aliphatic hydroxyl groups excluding tert-OH is 1. The fourth-order valence-corrected chi connectivity index (χ4v) is 3.31. The number of aliphatic hydroxyl groups is 1. The average Bonchev–Trinajstić information content (AvgIpc) is 3.08. The number of carbonyl (C=O) groups is 2. The second kappa shape index (κ2) is 7.43. The highest BCUT2D eigenvalue weighted by Crippen LogP contribution is 2.36. The number of nitrogens with zero attached hydrogens (tertiary/aromatic N) is 4. The van der Waals surface area contributed by atoms with Gasteiger partial charge in [-0.25, -0.2) is 4.98 Å². The minimum absolute atomic E-state index is 0.0103. The summed E-state index contributed by atoms with van der Waals surface area (Å²) < 4.78 is 12.3. The fraction of sp³-hybridized carbons (Fsp3) is 0.500. The predicted octanol–water partition coefficient (Wildman–Crippen LogP) is 1.02. The van der Waals surface area contributed by atoms with Gasteiger partial charge in [0.15, 0.2) is 17.0 Å². The number of halogens is 2. The Kier molecular flexibility index (Phi) is 5.42. The van der Waals surface area contributed by atoms with Crippen LogP contribution in [0, 0.1) is 0 Å². The van der Waals surface area contributed by atoms with Crippen molar-refractivity contribution in [3.8, 4) is 0 Å². The quantitative estimate of drug-likeness (QED) is 0.403. The van der Waals surface area contributed by atoms with Crippen molar-refractivity contribution in [1.82, 2.24) is 19.5 Å². The average molecular weight is 449 g/mol. The zero-order valence-electron chi connectivity index (χ0n) is 13.7. The van der Waals surface area contributed by atoms with Gasteiger partial charge in [-0.15, -0.1) is 0 Å². The minimum Gasteiger partial charge on any atom is -0.463 e. The van der Waals surface area contributed by atoms with Crippen LogP contribution in [-0.4, -0.2) is 60.1 Å². The van der Waals surface area contributed by atoms with E-state index in [2.05, 4.69) is 36.2 Å². The van der Waals surface area contributed by atoms with Gasteiger partial charge in [-0.3, -0.25) is 19.5 Å². The van der Waals surface area contributed by atoms with Crippen LogP contribution in [0.1, 0.15) is 20.1 Å². The van der Waals surface area contributed by atoms with E-state index in [0.29, 0.717) is 5.52 Å². The van der Waals surface area contributed by atoms with Crippen molar-refractivity contribution in [2.75, 3.05) is 11.9 Å². The summed E-state index contributed by atoms with van der Waals surface area (Å²) in [6.07, 6.45) is -0.972. The van der Waals surface area contributed by atoms with Gasteiger partial charge >= 0.3 is 5.97 Å². The standard InChI is InChI=1S/C14H15BrClN5O5/c1-5(22)18-14-19-11(16)9-12(20-14)21(4-17-9)13-10(24)8(15)7(26-13)3-25-6(2)23/h4,7-8,10,13,24H,3H2,1-2H3,(H,18,19,20,22)/t7-,8+,10-,13-/m1/s1. The molecule has 0 aromatic carbocycles. The van der Waals surface area contributed by atoms with Crippen LogP contribution >= 0.6 is 27.5 Å². The molecule has 2 aromatic rings. The molecule has 3 rings (SSSR count). The van der Waals surface area contributed by atoms with Crippen LogP contribution in [0.4, 0.5) is 5.95 Å². The fourth-order valence-electron chi connectivity index (χ4n) is 2.55. The molecule has 0 saturated carbocycles. The highest BCUT2D eigenvalue weighted by atomic mass is 79.9. The summed E-state index contributed by atoms with van der Waals surface area (Å²) >= 11 is 9.45. The van der Waals surface area contributed by atoms with Crippen LogP contribution in [0.3, 0.4) is 0 Å². The lowest BCUT2D eigenvalue weighted by molar-refractivity contribution is -0.145. The molecule has 12 heteroatoms. The number of aromatic nitrogens is 4. The molecule has 0 radical (unpaired) electrons. The summed E-state index contributed by atoms with van der Waals surface area (Å²) in [5, 5.41) is 13.0. The van der Waals surface area contributed by atoms with Crippen LogP contribution in [-0.2, 0) is 19.1 Å². The molecule has 0 aliphatic carbocycles. The van der Waals surface area contributed by atoms with E-state index in [9.17, 15) is 14.7 Å². The summed E-state index contributed by atoms with van der Waals surface area (Å²) in [5.41, 5.74) is 0.580. The van der Waals surface area contributed by atoms with Gasteiger partial charge in [-0.1, -0.05) is 27.5 Å². The van der Waals surface area contributed by atoms with Gasteiger partial charge in [0, 0.05) is 13.8 Å². The number of ether oxygens (including phenoxy) is 2. The van der Waals surface area contributed by atoms with E-state index in [1.165, 1.54) is 24.7 Å². The largest absolute Gasteiger partial charge is 0.463 e. The number of nitrogens with one attached hydrogen (secondary N) is 1. The van der Waals surface area contributed by atoms with Crippen LogP contribution in [0.15, 0.2) is 6.33 Å². The molecule has 0 spiro atoms. The smallest absolute Gasteiger partial charge is 0.302 e. The molecule has 10 nitrogen and oxygen atoms in total. The van der Waals surface area contributed by atoms with Gasteiger partial charge < -0.3 is 14.6 Å². The number of anilines is 1. The second-order valence-corrected chi connectivity index (χ2v) is 7.06. The number of alkyl halides is 1. The number of imidazole rings is 1. The van der Waals surface area contributed by atoms with Crippen molar-refractivity contribution in [1.29, 1.82) is 0 Å². The summed E-state index contributed by atoms with van der Waals surface area (Å²) in [6.45, 7) is 2.59. The first-order valence-electron chi connectivity index (χ1n) is 7.56. The molecular weight excluding hydrogens is 434 g/mol. The topological polar surface area (TPSA) is 128 Å². The molecule has 1 fully saturated rings. The van der Waals surface area contributed by atoms with Crippen LogP contribution in [0.25, 0.3) is 11.2 Å². The number of rotatable bonds is 4. The molecular formula is C14H15BrClN5O5. The van der Waals surface area contributed by atoms with E-state index < -0.39 is 29.2 Å². The Balaban J connectivity index is 1.93. The molecule has 140 valence electrons. The van der Waals surface area contributed by atoms with Crippen molar-refractivity contribution in [3.63, 3.8) is 0 Å². The number of hydrogen-bond acceptors (Lipinski definition) is 8. The Morgan fingerprint density at radius 2 is 2.19 bits per heavy atom. The van der Waals surface area contributed by atoms with Crippen molar-refractivity contribution < 1.29 is 24.2 Å². The highest BCUT2D eigenvalue weighted by molar-refractivity contribution is 9.09. The SMILES string of the molecule is CC(=O)Nc1nc(Cl)c2ncn([C@@H]3O[C@H](COC(C)=O)[C@H](Br)[C@H]3O)c2n1. The minimum atomic E-state index is -0.967. The Morgan fingerprint density at radius 1 is 1.46 bits per heavy atom. The van der Waals surface area contributed by atoms with Crippen LogP contribution in [0.5, 0.6) is 0 Å². The second-order valence-electron chi connectivity index (χ2n) is 5.65. The van der Waals surface area contributed by atoms with Crippen molar-refractivity contribution in [2.24, 2.45) is 0 Å². The number of hydrogen-bond donors (Lipinski definition) is 2. The predicted molar refractivity (Wildman–Crippen MR) is 93.9 cm³/mol. The van der Waals surface area contributed by atoms with Gasteiger partial charge in [0.05, 0.1) is 11.2 Å². The lowest BCUT2D eigenvalue weighted by atomic mass is 10.2. The summed E-state index contributed by atoms with van der Waals surface area (Å²) in [5.74, 6) is -0.791. The third-order valence-electron chi connectivity index (χ3n) is 3.68. The van der Waals surface area contributed by atoms with Gasteiger partial charge in [0.1, 0.15) is 24.3 Å². The first kappa shape index (κ1) is 19.0. The molecule has 1 amide bonds. The third-order valence-corrected chi connectivity index (χ3v) is 5.07. The number of esters is 1. The molecule has 26 heavy (non-hydrogen) atoms. The van der Waals surface area contributed by atoms with Crippen LogP contribution < -0.4 is 5.32 Å². The van der Waals surface area contributed by atoms with Gasteiger partial charge in [-0.05, 0) is 0 Å². The lowest BCUT2D eigenvalue weighted by Crippen LogP contribution is -2.29. The summed E-state index contributed by atoms with van der Waals surface area (Å²) in [4.78, 5) is 34.1. The zero-order chi connectivity index (χ0) is 19.0. The van der Waals surface area contributed by atoms with E-state index in [1.54, 1.807) is 0 Å². The Hall–Kier alpha value is -1.82. The maximum absolute atomic E-state index is 11.2. The Labute approximate surface area is 161 Å². The van der Waals surface area contributed by atoms with E-state index in [0.717, 1.165) is 0 Å². The molecule has 1 saturated heterocycles. The van der Waals surface area contributed by atoms with Crippen molar-refractivity contribution >= 4 is 56.5 Å². The van der Waals surface area contributed by atoms with Crippen molar-refractivity contribution in [3.05, 3.63) is 11.5 Å². The summed E-state index contributed by atoms with van der Waals surface area (Å²) in [6, 6.07) is 0. The first-order valence-corrected chi connectivity index (χ1v) is 8.86.